The maximum Gasteiger partial charge on any atom is 0.342 e. The number of esters is 2. The molecular weight excluding hydrogens is 424 g/mol. The third kappa shape index (κ3) is 3.91. The molecule has 0 saturated carbocycles. The SMILES string of the molecule is COC(=O)c1c(-c2c(OC)c(OC)c(OC)c(OC)c2C(=O)OC)ccc(OC)c1OC. The molecule has 0 aliphatic carbocycles. The van der Waals surface area contributed by atoms with Crippen molar-refractivity contribution in [1.29, 1.82) is 0 Å². The van der Waals surface area contributed by atoms with E-state index in [0.29, 0.717) is 0 Å². The molecule has 0 aliphatic heterocycles. The second-order valence-electron chi connectivity index (χ2n) is 6.09. The van der Waals surface area contributed by atoms with Crippen LogP contribution in [0.2, 0.25) is 0 Å². The van der Waals surface area contributed by atoms with Gasteiger partial charge in [-0.2, -0.15) is 0 Å². The third-order valence-electron chi connectivity index (χ3n) is 4.73. The molecule has 2 aromatic rings. The Balaban J connectivity index is 3.22. The summed E-state index contributed by atoms with van der Waals surface area (Å²) < 4.78 is 42.8. The van der Waals surface area contributed by atoms with Crippen LogP contribution in [-0.4, -0.2) is 68.8 Å². The van der Waals surface area contributed by atoms with Gasteiger partial charge in [0.2, 0.25) is 11.5 Å². The van der Waals surface area contributed by atoms with E-state index in [9.17, 15) is 9.59 Å². The summed E-state index contributed by atoms with van der Waals surface area (Å²) in [5.41, 5.74) is 0.315. The molecule has 0 radical (unpaired) electrons. The van der Waals surface area contributed by atoms with E-state index in [-0.39, 0.29) is 56.8 Å². The minimum absolute atomic E-state index is 0.00734. The van der Waals surface area contributed by atoms with Gasteiger partial charge in [0.1, 0.15) is 11.1 Å². The van der Waals surface area contributed by atoms with Crippen LogP contribution in [0.3, 0.4) is 0 Å². The lowest BCUT2D eigenvalue weighted by Crippen LogP contribution is -2.13. The average Bonchev–Trinajstić information content (AvgIpc) is 2.84. The normalized spacial score (nSPS) is 10.1. The highest BCUT2D eigenvalue weighted by molar-refractivity contribution is 6.09. The lowest BCUT2D eigenvalue weighted by Gasteiger charge is -2.24. The Morgan fingerprint density at radius 1 is 0.531 bits per heavy atom. The molecule has 0 amide bonds. The number of hydrogen-bond donors (Lipinski definition) is 0. The van der Waals surface area contributed by atoms with Crippen LogP contribution < -0.4 is 28.4 Å². The molecule has 0 N–H and O–H groups in total. The van der Waals surface area contributed by atoms with Crippen molar-refractivity contribution in [3.63, 3.8) is 0 Å². The first-order valence-corrected chi connectivity index (χ1v) is 9.22. The monoisotopic (exact) mass is 450 g/mol. The van der Waals surface area contributed by atoms with E-state index in [1.807, 2.05) is 0 Å². The van der Waals surface area contributed by atoms with Gasteiger partial charge in [0, 0.05) is 11.1 Å². The second-order valence-corrected chi connectivity index (χ2v) is 6.09. The fraction of sp³-hybridized carbons (Fsp3) is 0.364. The highest BCUT2D eigenvalue weighted by Gasteiger charge is 2.35. The Morgan fingerprint density at radius 3 is 1.44 bits per heavy atom. The summed E-state index contributed by atoms with van der Waals surface area (Å²) in [5, 5.41) is 0. The molecule has 0 unspecified atom stereocenters. The van der Waals surface area contributed by atoms with Crippen LogP contribution in [0, 0.1) is 0 Å². The lowest BCUT2D eigenvalue weighted by molar-refractivity contribution is 0.0585. The topological polar surface area (TPSA) is 108 Å². The van der Waals surface area contributed by atoms with Crippen LogP contribution in [0.25, 0.3) is 11.1 Å². The number of ether oxygens (including phenoxy) is 8. The molecular formula is C22H26O10. The predicted molar refractivity (Wildman–Crippen MR) is 114 cm³/mol. The van der Waals surface area contributed by atoms with Gasteiger partial charge in [-0.15, -0.1) is 0 Å². The summed E-state index contributed by atoms with van der Waals surface area (Å²) in [5.74, 6) is -0.744. The molecule has 0 spiro atoms. The maximum absolute atomic E-state index is 12.9. The highest BCUT2D eigenvalue weighted by atomic mass is 16.6. The van der Waals surface area contributed by atoms with Crippen LogP contribution in [0.5, 0.6) is 34.5 Å². The Bertz CT molecular complexity index is 1010. The van der Waals surface area contributed by atoms with Gasteiger partial charge in [0.05, 0.1) is 56.9 Å². The smallest absolute Gasteiger partial charge is 0.342 e. The zero-order chi connectivity index (χ0) is 24.0. The Kier molecular flexibility index (Phi) is 8.00. The number of carbonyl (C=O) groups excluding carboxylic acids is 2. The van der Waals surface area contributed by atoms with Gasteiger partial charge in [-0.3, -0.25) is 0 Å². The molecule has 174 valence electrons. The van der Waals surface area contributed by atoms with E-state index in [2.05, 4.69) is 0 Å². The van der Waals surface area contributed by atoms with E-state index >= 15 is 0 Å². The van der Waals surface area contributed by atoms with Gasteiger partial charge < -0.3 is 37.9 Å². The van der Waals surface area contributed by atoms with Gasteiger partial charge >= 0.3 is 11.9 Å². The molecule has 0 heterocycles. The van der Waals surface area contributed by atoms with E-state index in [1.165, 1.54) is 56.9 Å². The second kappa shape index (κ2) is 10.5. The molecule has 0 aromatic heterocycles. The van der Waals surface area contributed by atoms with Crippen LogP contribution in [-0.2, 0) is 9.47 Å². The Hall–Kier alpha value is -3.82. The minimum atomic E-state index is -0.762. The van der Waals surface area contributed by atoms with Crippen LogP contribution in [0.4, 0.5) is 0 Å². The molecule has 2 rings (SSSR count). The number of hydrogen-bond acceptors (Lipinski definition) is 10. The Morgan fingerprint density at radius 2 is 1.00 bits per heavy atom. The first kappa shape index (κ1) is 24.4. The van der Waals surface area contributed by atoms with E-state index in [0.717, 1.165) is 0 Å². The van der Waals surface area contributed by atoms with Crippen molar-refractivity contribution in [2.75, 3.05) is 56.9 Å². The van der Waals surface area contributed by atoms with Crippen LogP contribution in [0.15, 0.2) is 12.1 Å². The summed E-state index contributed by atoms with van der Waals surface area (Å²) >= 11 is 0. The number of rotatable bonds is 9. The summed E-state index contributed by atoms with van der Waals surface area (Å²) in [6.45, 7) is 0. The summed E-state index contributed by atoms with van der Waals surface area (Å²) in [6, 6.07) is 3.13. The van der Waals surface area contributed by atoms with Crippen molar-refractivity contribution in [2.24, 2.45) is 0 Å². The fourth-order valence-corrected chi connectivity index (χ4v) is 3.41. The van der Waals surface area contributed by atoms with Crippen molar-refractivity contribution in [3.05, 3.63) is 23.3 Å². The molecule has 0 fully saturated rings. The molecule has 32 heavy (non-hydrogen) atoms. The van der Waals surface area contributed by atoms with Crippen molar-refractivity contribution < 1.29 is 47.5 Å². The molecule has 0 bridgehead atoms. The van der Waals surface area contributed by atoms with E-state index in [4.69, 9.17) is 37.9 Å². The fourth-order valence-electron chi connectivity index (χ4n) is 3.41. The van der Waals surface area contributed by atoms with Crippen molar-refractivity contribution >= 4 is 11.9 Å². The molecule has 0 atom stereocenters. The highest BCUT2D eigenvalue weighted by Crippen LogP contribution is 2.55. The lowest BCUT2D eigenvalue weighted by atomic mass is 9.91. The first-order valence-electron chi connectivity index (χ1n) is 9.22. The Labute approximate surface area is 185 Å². The van der Waals surface area contributed by atoms with E-state index in [1.54, 1.807) is 12.1 Å². The third-order valence-corrected chi connectivity index (χ3v) is 4.73. The quantitative estimate of drug-likeness (QED) is 0.529. The van der Waals surface area contributed by atoms with Crippen LogP contribution in [0.1, 0.15) is 20.7 Å². The minimum Gasteiger partial charge on any atom is -0.493 e. The van der Waals surface area contributed by atoms with Crippen molar-refractivity contribution in [3.8, 4) is 45.6 Å². The zero-order valence-corrected chi connectivity index (χ0v) is 19.2. The summed E-state index contributed by atoms with van der Waals surface area (Å²) in [7, 11) is 10.8. The van der Waals surface area contributed by atoms with Gasteiger partial charge in [-0.1, -0.05) is 0 Å². The molecule has 2 aromatic carbocycles. The molecule has 0 aliphatic rings. The van der Waals surface area contributed by atoms with Gasteiger partial charge in [-0.05, 0) is 12.1 Å². The molecule has 10 nitrogen and oxygen atoms in total. The summed E-state index contributed by atoms with van der Waals surface area (Å²) in [4.78, 5) is 25.8. The zero-order valence-electron chi connectivity index (χ0n) is 19.2. The molecule has 0 saturated heterocycles. The van der Waals surface area contributed by atoms with Crippen LogP contribution >= 0.6 is 0 Å². The largest absolute Gasteiger partial charge is 0.493 e. The number of benzene rings is 2. The van der Waals surface area contributed by atoms with Gasteiger partial charge in [0.15, 0.2) is 23.0 Å². The van der Waals surface area contributed by atoms with E-state index < -0.39 is 11.9 Å². The average molecular weight is 450 g/mol. The standard InChI is InChI=1S/C22H26O10/c1-25-12-10-9-11(14(16(12)26-2)21(23)31-7)13-15(22(24)32-8)18(28-4)20(30-6)19(29-5)17(13)27-3/h9-10H,1-8H3. The van der Waals surface area contributed by atoms with Gasteiger partial charge in [-0.25, -0.2) is 9.59 Å². The van der Waals surface area contributed by atoms with Crippen molar-refractivity contribution in [1.82, 2.24) is 0 Å². The van der Waals surface area contributed by atoms with Gasteiger partial charge in [0.25, 0.3) is 0 Å². The predicted octanol–water partition coefficient (Wildman–Crippen LogP) is 2.98. The number of methoxy groups -OCH3 is 8. The first-order chi connectivity index (χ1) is 15.4. The summed E-state index contributed by atoms with van der Waals surface area (Å²) in [6.07, 6.45) is 0. The number of carbonyl (C=O) groups is 2. The van der Waals surface area contributed by atoms with Crippen molar-refractivity contribution in [2.45, 2.75) is 0 Å². The maximum atomic E-state index is 12.9. The molecule has 10 heteroatoms.